The molecule has 0 bridgehead atoms. The van der Waals surface area contributed by atoms with Crippen molar-refractivity contribution in [3.63, 3.8) is 0 Å². The molecule has 5 heteroatoms. The highest BCUT2D eigenvalue weighted by Gasteiger charge is 2.46. The topological polar surface area (TPSA) is 30.4 Å². The molecule has 1 aliphatic heterocycles. The summed E-state index contributed by atoms with van der Waals surface area (Å²) in [6.45, 7) is 0.863. The Morgan fingerprint density at radius 3 is 2.04 bits per heavy atom. The van der Waals surface area contributed by atoms with Gasteiger partial charge in [-0.15, -0.1) is 0 Å². The van der Waals surface area contributed by atoms with Crippen molar-refractivity contribution in [1.82, 2.24) is 9.38 Å². The number of fused-ring (bicyclic) bond motifs is 7. The van der Waals surface area contributed by atoms with E-state index in [1.165, 1.54) is 11.8 Å². The second-order valence-electron chi connectivity index (χ2n) is 15.5. The quantitative estimate of drug-likeness (QED) is 0.130. The second kappa shape index (κ2) is 12.5. The molecule has 0 unspecified atom stereocenters. The summed E-state index contributed by atoms with van der Waals surface area (Å²) in [5, 5.41) is 4.22. The van der Waals surface area contributed by atoms with Gasteiger partial charge in [-0.05, 0) is 72.7 Å². The minimum Gasteiger partial charge on any atom is -0.422 e. The largest absolute Gasteiger partial charge is 0.422 e. The van der Waals surface area contributed by atoms with Crippen LogP contribution in [0.1, 0.15) is 59.4 Å². The molecule has 0 spiro atoms. The first kappa shape index (κ1) is 27.9. The minimum atomic E-state index is -3.44. The fourth-order valence-electron chi connectivity index (χ4n) is 8.75. The third-order valence-corrected chi connectivity index (χ3v) is 17.5. The zero-order valence-corrected chi connectivity index (χ0v) is 32.6. The van der Waals surface area contributed by atoms with Crippen molar-refractivity contribution in [2.45, 2.75) is 55.1 Å². The summed E-state index contributed by atoms with van der Waals surface area (Å²) in [5.41, 5.74) is 4.65. The fourth-order valence-corrected chi connectivity index (χ4v) is 15.4. The smallest absolute Gasteiger partial charge is 0.307 e. The van der Waals surface area contributed by atoms with Crippen molar-refractivity contribution >= 4 is 68.6 Å². The Kier molecular flexibility index (Phi) is 6.31. The van der Waals surface area contributed by atoms with Crippen LogP contribution in [0, 0.1) is 0 Å². The molecule has 268 valence electrons. The number of oxazole rings is 1. The maximum Gasteiger partial charge on any atom is 0.307 e. The number of imidazole rings is 1. The summed E-state index contributed by atoms with van der Waals surface area (Å²) in [7, 11) is -3.44. The maximum atomic E-state index is 9.10. The maximum absolute atomic E-state index is 9.10. The van der Waals surface area contributed by atoms with Gasteiger partial charge in [-0.1, -0.05) is 186 Å². The van der Waals surface area contributed by atoms with Crippen LogP contribution >= 0.6 is 11.8 Å². The summed E-state index contributed by atoms with van der Waals surface area (Å²) < 4.78 is 63.3. The number of para-hydroxylation sites is 3. The number of rotatable bonds is 5. The molecule has 0 fully saturated rings. The Balaban J connectivity index is 1.31. The molecule has 10 rings (SSSR count). The van der Waals surface area contributed by atoms with Gasteiger partial charge in [0.05, 0.1) is 16.6 Å². The molecule has 55 heavy (non-hydrogen) atoms. The lowest BCUT2D eigenvalue weighted by Gasteiger charge is -2.41. The molecule has 3 nitrogen and oxygen atoms in total. The van der Waals surface area contributed by atoms with Crippen LogP contribution in [0.5, 0.6) is 0 Å². The second-order valence-corrected chi connectivity index (χ2v) is 20.3. The average molecular weight is 753 g/mol. The monoisotopic (exact) mass is 752 g/mol. The predicted octanol–water partition coefficient (Wildman–Crippen LogP) is 10.4. The van der Waals surface area contributed by atoms with Crippen molar-refractivity contribution < 1.29 is 12.6 Å². The summed E-state index contributed by atoms with van der Waals surface area (Å²) in [6.07, 6.45) is 0. The van der Waals surface area contributed by atoms with Crippen molar-refractivity contribution in [1.29, 1.82) is 0 Å². The first-order valence-electron chi connectivity index (χ1n) is 21.6. The van der Waals surface area contributed by atoms with E-state index in [9.17, 15) is 0 Å². The highest BCUT2D eigenvalue weighted by Crippen LogP contribution is 2.49. The molecule has 0 saturated heterocycles. The third-order valence-electron chi connectivity index (χ3n) is 11.2. The number of hydrogen-bond acceptors (Lipinski definition) is 3. The van der Waals surface area contributed by atoms with Crippen LogP contribution in [-0.4, -0.2) is 17.5 Å². The molecule has 0 aliphatic carbocycles. The highest BCUT2D eigenvalue weighted by atomic mass is 32.2. The molecule has 1 aliphatic rings. The van der Waals surface area contributed by atoms with Crippen molar-refractivity contribution in [2.75, 3.05) is 0 Å². The van der Waals surface area contributed by atoms with Crippen LogP contribution < -0.4 is 20.7 Å². The van der Waals surface area contributed by atoms with E-state index < -0.39 is 27.2 Å². The Morgan fingerprint density at radius 2 is 1.29 bits per heavy atom. The molecule has 9 aromatic rings. The van der Waals surface area contributed by atoms with Crippen LogP contribution in [0.25, 0.3) is 39.1 Å². The standard InChI is InChI=1S/C50H42N2OSSi/c1-49(2,3)40-32-35(30-31-36(40)37-22-16-27-43-46(37)53-48-51-41-25-13-14-26-42(41)52(43)48)55(33-18-8-6-9-19-33,34-20-10-7-11-21-34)45-29-17-24-39-47(45)54-44-28-15-12-23-38(44)50(39,4)5/h6-32H,1-5H3/i4D3,5D3. The number of aromatic nitrogens is 2. The van der Waals surface area contributed by atoms with Crippen molar-refractivity contribution in [3.05, 3.63) is 180 Å². The van der Waals surface area contributed by atoms with Gasteiger partial charge < -0.3 is 4.42 Å². The molecule has 0 N–H and O–H groups in total. The molecular weight excluding hydrogens is 705 g/mol. The van der Waals surface area contributed by atoms with Crippen LogP contribution in [0.4, 0.5) is 0 Å². The number of nitrogens with zero attached hydrogens (tertiary/aromatic N) is 2. The Morgan fingerprint density at radius 1 is 0.636 bits per heavy atom. The lowest BCUT2D eigenvalue weighted by Crippen LogP contribution is -2.75. The van der Waals surface area contributed by atoms with Crippen molar-refractivity contribution in [2.24, 2.45) is 0 Å². The number of hydrogen-bond donors (Lipinski definition) is 0. The lowest BCUT2D eigenvalue weighted by molar-refractivity contribution is 0.592. The average Bonchev–Trinajstić information content (AvgIpc) is 3.79. The summed E-state index contributed by atoms with van der Waals surface area (Å²) >= 11 is 1.48. The lowest BCUT2D eigenvalue weighted by atomic mass is 9.78. The zero-order valence-electron chi connectivity index (χ0n) is 36.8. The predicted molar refractivity (Wildman–Crippen MR) is 233 cm³/mol. The Labute approximate surface area is 336 Å². The summed E-state index contributed by atoms with van der Waals surface area (Å²) in [6, 6.07) is 55.0. The molecule has 3 heterocycles. The number of benzene rings is 7. The third kappa shape index (κ3) is 5.06. The van der Waals surface area contributed by atoms with Crippen LogP contribution in [0.15, 0.2) is 178 Å². The van der Waals surface area contributed by atoms with Crippen LogP contribution in [-0.2, 0) is 10.8 Å². The molecular formula is C50H42N2OSSi. The molecule has 7 aromatic carbocycles. The molecule has 0 saturated carbocycles. The fraction of sp³-hybridized carbons (Fsp3) is 0.140. The van der Waals surface area contributed by atoms with E-state index in [1.54, 1.807) is 18.2 Å². The van der Waals surface area contributed by atoms with Crippen molar-refractivity contribution in [3.8, 4) is 11.1 Å². The van der Waals surface area contributed by atoms with Gasteiger partial charge in [-0.3, -0.25) is 4.40 Å². The van der Waals surface area contributed by atoms with Gasteiger partial charge in [0.2, 0.25) is 0 Å². The summed E-state index contributed by atoms with van der Waals surface area (Å²) in [5.74, 6) is 0.537. The highest BCUT2D eigenvalue weighted by molar-refractivity contribution is 7.99. The molecule has 0 atom stereocenters. The van der Waals surface area contributed by atoms with E-state index >= 15 is 0 Å². The van der Waals surface area contributed by atoms with E-state index in [2.05, 4.69) is 122 Å². The van der Waals surface area contributed by atoms with Crippen LogP contribution in [0.3, 0.4) is 0 Å². The van der Waals surface area contributed by atoms with Gasteiger partial charge in [-0.25, -0.2) is 0 Å². The van der Waals surface area contributed by atoms with E-state index in [-0.39, 0.29) is 5.41 Å². The SMILES string of the molecule is [2H]C([2H])([2H])C1(C([2H])([2H])[2H])c2ccccc2Sc2c1cccc2[Si](c1ccccc1)(c1ccccc1)c1ccc(-c2cccc3c2oc2nc4ccccc4n23)c(C(C)(C)C)c1. The molecule has 0 amide bonds. The zero-order chi connectivity index (χ0) is 42.5. The van der Waals surface area contributed by atoms with Gasteiger partial charge in [0, 0.05) is 29.0 Å². The van der Waals surface area contributed by atoms with E-state index in [0.717, 1.165) is 59.6 Å². The van der Waals surface area contributed by atoms with Gasteiger partial charge in [0.15, 0.2) is 13.7 Å². The molecule has 0 radical (unpaired) electrons. The van der Waals surface area contributed by atoms with E-state index in [0.29, 0.717) is 26.8 Å². The van der Waals surface area contributed by atoms with Gasteiger partial charge in [0.25, 0.3) is 0 Å². The van der Waals surface area contributed by atoms with Gasteiger partial charge in [0.1, 0.15) is 0 Å². The van der Waals surface area contributed by atoms with Crippen LogP contribution in [0.2, 0.25) is 0 Å². The first-order chi connectivity index (χ1) is 29.2. The Bertz CT molecular complexity index is 3090. The van der Waals surface area contributed by atoms with Gasteiger partial charge >= 0.3 is 5.84 Å². The first-order valence-corrected chi connectivity index (χ1v) is 21.5. The minimum absolute atomic E-state index is 0.309. The normalized spacial score (nSPS) is 16.1. The molecule has 2 aromatic heterocycles. The van der Waals surface area contributed by atoms with E-state index in [4.69, 9.17) is 17.6 Å². The Hall–Kier alpha value is -5.62. The van der Waals surface area contributed by atoms with Gasteiger partial charge in [-0.2, -0.15) is 4.98 Å². The van der Waals surface area contributed by atoms with E-state index in [1.807, 2.05) is 48.5 Å². The summed E-state index contributed by atoms with van der Waals surface area (Å²) in [4.78, 5) is 6.14.